The van der Waals surface area contributed by atoms with Crippen LogP contribution in [0.25, 0.3) is 11.0 Å². The largest absolute Gasteiger partial charge is 0.490 e. The van der Waals surface area contributed by atoms with Gasteiger partial charge in [0, 0.05) is 27.1 Å². The summed E-state index contributed by atoms with van der Waals surface area (Å²) in [5, 5.41) is 10.8. The Morgan fingerprint density at radius 3 is 2.58 bits per heavy atom. The fraction of sp³-hybridized carbons (Fsp3) is 0.143. The number of fused-ring (bicyclic) bond motifs is 2. The van der Waals surface area contributed by atoms with Crippen LogP contribution in [-0.2, 0) is 6.61 Å². The Kier molecular flexibility index (Phi) is 8.20. The molecule has 1 aromatic heterocycles. The van der Waals surface area contributed by atoms with E-state index in [9.17, 15) is 14.4 Å². The van der Waals surface area contributed by atoms with Gasteiger partial charge in [-0.25, -0.2) is 9.18 Å². The Hall–Kier alpha value is -5.27. The summed E-state index contributed by atoms with van der Waals surface area (Å²) < 4.78 is 43.3. The highest BCUT2D eigenvalue weighted by Crippen LogP contribution is 2.45. The second kappa shape index (κ2) is 12.4. The molecule has 5 aromatic rings. The maximum absolute atomic E-state index is 13.3. The van der Waals surface area contributed by atoms with E-state index in [0.717, 1.165) is 15.4 Å². The van der Waals surface area contributed by atoms with Crippen molar-refractivity contribution < 1.29 is 32.5 Å². The van der Waals surface area contributed by atoms with Gasteiger partial charge in [-0.3, -0.25) is 0 Å². The van der Waals surface area contributed by atoms with E-state index in [1.54, 1.807) is 55.5 Å². The first-order chi connectivity index (χ1) is 21.7. The normalized spacial score (nSPS) is 14.0. The molecular weight excluding hydrogens is 643 g/mol. The molecule has 10 heteroatoms. The number of carbonyl (C=O) groups is 1. The van der Waals surface area contributed by atoms with Gasteiger partial charge in [-0.05, 0) is 73.5 Å². The van der Waals surface area contributed by atoms with Gasteiger partial charge >= 0.3 is 5.97 Å². The molecule has 0 spiro atoms. The molecule has 0 aliphatic carbocycles. The van der Waals surface area contributed by atoms with E-state index in [1.165, 1.54) is 12.1 Å². The lowest BCUT2D eigenvalue weighted by atomic mass is 9.83. The van der Waals surface area contributed by atoms with Crippen molar-refractivity contribution in [3.63, 3.8) is 0 Å². The summed E-state index contributed by atoms with van der Waals surface area (Å²) in [5.74, 6) is -0.0369. The lowest BCUT2D eigenvalue weighted by molar-refractivity contribution is 0.0702. The third-order valence-corrected chi connectivity index (χ3v) is 7.89. The predicted molar refractivity (Wildman–Crippen MR) is 168 cm³/mol. The average Bonchev–Trinajstić information content (AvgIpc) is 3.36. The first-order valence-electron chi connectivity index (χ1n) is 14.0. The number of carbonyl (C=O) groups excluding carboxylic acids is 1. The molecular formula is C35H26BrFN2O6. The third kappa shape index (κ3) is 5.95. The maximum Gasteiger partial charge on any atom is 0.379 e. The number of esters is 1. The average molecular weight is 670 g/mol. The maximum atomic E-state index is 13.3. The highest BCUT2D eigenvalue weighted by molar-refractivity contribution is 9.10. The zero-order valence-electron chi connectivity index (χ0n) is 24.2. The molecule has 0 saturated carbocycles. The van der Waals surface area contributed by atoms with Gasteiger partial charge in [0.25, 0.3) is 0 Å². The number of ether oxygens (including phenoxy) is 4. The van der Waals surface area contributed by atoms with Crippen LogP contribution in [0.1, 0.15) is 45.7 Å². The van der Waals surface area contributed by atoms with Crippen molar-refractivity contribution in [3.8, 4) is 29.1 Å². The number of benzene rings is 4. The quantitative estimate of drug-likeness (QED) is 0.130. The third-order valence-electron chi connectivity index (χ3n) is 7.39. The van der Waals surface area contributed by atoms with E-state index in [4.69, 9.17) is 29.1 Å². The van der Waals surface area contributed by atoms with Crippen LogP contribution in [0, 0.1) is 24.1 Å². The van der Waals surface area contributed by atoms with Crippen molar-refractivity contribution in [2.24, 2.45) is 5.73 Å². The minimum atomic E-state index is -0.661. The molecule has 226 valence electrons. The van der Waals surface area contributed by atoms with Gasteiger partial charge in [0.15, 0.2) is 11.5 Å². The fourth-order valence-electron chi connectivity index (χ4n) is 5.22. The smallest absolute Gasteiger partial charge is 0.379 e. The molecule has 4 aromatic carbocycles. The molecule has 1 aliphatic heterocycles. The number of hydrogen-bond acceptors (Lipinski definition) is 8. The SMILES string of the molecule is CCOc1cc(C2C(C#N)=C(N)Oc3cc(OC(=O)c4oc5ccc(Br)cc5c4C)ccc32)ccc1OCc1ccc(F)cc1. The molecule has 45 heavy (non-hydrogen) atoms. The summed E-state index contributed by atoms with van der Waals surface area (Å²) in [5.41, 5.74) is 9.83. The van der Waals surface area contributed by atoms with Crippen molar-refractivity contribution >= 4 is 32.9 Å². The number of furan rings is 1. The summed E-state index contributed by atoms with van der Waals surface area (Å²) in [6.07, 6.45) is 0. The van der Waals surface area contributed by atoms with E-state index in [2.05, 4.69) is 22.0 Å². The van der Waals surface area contributed by atoms with Gasteiger partial charge in [0.05, 0.1) is 12.5 Å². The van der Waals surface area contributed by atoms with Gasteiger partial charge in [0.1, 0.15) is 41.1 Å². The number of halogens is 2. The molecule has 0 fully saturated rings. The van der Waals surface area contributed by atoms with Gasteiger partial charge < -0.3 is 29.1 Å². The molecule has 1 atom stereocenters. The van der Waals surface area contributed by atoms with Crippen LogP contribution < -0.4 is 24.7 Å². The van der Waals surface area contributed by atoms with Crippen LogP contribution in [0.4, 0.5) is 4.39 Å². The van der Waals surface area contributed by atoms with Crippen LogP contribution in [0.15, 0.2) is 99.2 Å². The number of rotatable bonds is 8. The van der Waals surface area contributed by atoms with Crippen molar-refractivity contribution in [2.75, 3.05) is 6.61 Å². The van der Waals surface area contributed by atoms with E-state index in [1.807, 2.05) is 25.1 Å². The Bertz CT molecular complexity index is 2010. The molecule has 8 nitrogen and oxygen atoms in total. The van der Waals surface area contributed by atoms with E-state index < -0.39 is 11.9 Å². The van der Waals surface area contributed by atoms with Crippen molar-refractivity contribution in [3.05, 3.63) is 129 Å². The number of nitriles is 1. The molecule has 1 aliphatic rings. The summed E-state index contributed by atoms with van der Waals surface area (Å²) in [7, 11) is 0. The second-order valence-corrected chi connectivity index (χ2v) is 11.2. The number of nitrogens with two attached hydrogens (primary N) is 1. The Morgan fingerprint density at radius 1 is 1.02 bits per heavy atom. The summed E-state index contributed by atoms with van der Waals surface area (Å²) in [6, 6.07) is 24.0. The molecule has 0 bridgehead atoms. The van der Waals surface area contributed by atoms with Crippen LogP contribution in [0.2, 0.25) is 0 Å². The summed E-state index contributed by atoms with van der Waals surface area (Å²) in [6.45, 7) is 4.23. The predicted octanol–water partition coefficient (Wildman–Crippen LogP) is 8.06. The molecule has 0 amide bonds. The monoisotopic (exact) mass is 668 g/mol. The molecule has 2 heterocycles. The molecule has 2 N–H and O–H groups in total. The van der Waals surface area contributed by atoms with E-state index in [0.29, 0.717) is 46.1 Å². The molecule has 0 saturated heterocycles. The number of hydrogen-bond donors (Lipinski definition) is 1. The minimum absolute atomic E-state index is 0.0632. The van der Waals surface area contributed by atoms with Crippen LogP contribution in [0.5, 0.6) is 23.0 Å². The molecule has 1 unspecified atom stereocenters. The minimum Gasteiger partial charge on any atom is -0.490 e. The Balaban J connectivity index is 1.29. The first-order valence-corrected chi connectivity index (χ1v) is 14.8. The fourth-order valence-corrected chi connectivity index (χ4v) is 5.58. The van der Waals surface area contributed by atoms with Gasteiger partial charge in [-0.1, -0.05) is 40.2 Å². The van der Waals surface area contributed by atoms with Crippen molar-refractivity contribution in [1.29, 1.82) is 5.26 Å². The number of nitrogens with zero attached hydrogens (tertiary/aromatic N) is 1. The van der Waals surface area contributed by atoms with Crippen LogP contribution in [-0.4, -0.2) is 12.6 Å². The van der Waals surface area contributed by atoms with Crippen LogP contribution in [0.3, 0.4) is 0 Å². The van der Waals surface area contributed by atoms with E-state index >= 15 is 0 Å². The molecule has 6 rings (SSSR count). The zero-order valence-corrected chi connectivity index (χ0v) is 25.8. The lowest BCUT2D eigenvalue weighted by Crippen LogP contribution is -2.21. The Morgan fingerprint density at radius 2 is 1.82 bits per heavy atom. The second-order valence-electron chi connectivity index (χ2n) is 10.3. The zero-order chi connectivity index (χ0) is 31.7. The molecule has 0 radical (unpaired) electrons. The highest BCUT2D eigenvalue weighted by atomic mass is 79.9. The van der Waals surface area contributed by atoms with Gasteiger partial charge in [-0.2, -0.15) is 5.26 Å². The van der Waals surface area contributed by atoms with Crippen molar-refractivity contribution in [2.45, 2.75) is 26.4 Å². The number of aryl methyl sites for hydroxylation is 1. The summed E-state index contributed by atoms with van der Waals surface area (Å²) >= 11 is 3.44. The standard InChI is InChI=1S/C35H26BrFN2O6/c1-3-41-31-14-21(6-12-29(31)42-18-20-4-8-23(37)9-5-20)32-25-11-10-24(16-30(25)45-34(39)27(32)17-38)43-35(40)33-19(2)26-15-22(36)7-13-28(26)44-33/h4-16,32H,3,18,39H2,1-2H3. The first kappa shape index (κ1) is 29.8. The summed E-state index contributed by atoms with van der Waals surface area (Å²) in [4.78, 5) is 13.1. The van der Waals surface area contributed by atoms with Crippen molar-refractivity contribution in [1.82, 2.24) is 0 Å². The Labute approximate surface area is 266 Å². The van der Waals surface area contributed by atoms with E-state index in [-0.39, 0.29) is 35.4 Å². The van der Waals surface area contributed by atoms with Gasteiger partial charge in [0.2, 0.25) is 11.6 Å². The number of allylic oxidation sites excluding steroid dienone is 1. The lowest BCUT2D eigenvalue weighted by Gasteiger charge is -2.27. The highest BCUT2D eigenvalue weighted by Gasteiger charge is 2.32. The van der Waals surface area contributed by atoms with Crippen LogP contribution >= 0.6 is 15.9 Å². The van der Waals surface area contributed by atoms with Gasteiger partial charge in [-0.15, -0.1) is 0 Å². The topological polar surface area (TPSA) is 117 Å².